The van der Waals surface area contributed by atoms with Crippen LogP contribution in [0, 0.1) is 17.0 Å². The van der Waals surface area contributed by atoms with Crippen LogP contribution < -0.4 is 0 Å². The molecule has 0 bridgehead atoms. The van der Waals surface area contributed by atoms with Gasteiger partial charge in [-0.1, -0.05) is 0 Å². The first-order chi connectivity index (χ1) is 7.18. The molecule has 5 nitrogen and oxygen atoms in total. The normalized spacial score (nSPS) is 9.56. The summed E-state index contributed by atoms with van der Waals surface area (Å²) >= 11 is 1.07. The lowest BCUT2D eigenvalue weighted by molar-refractivity contribution is -0.380. The van der Waals surface area contributed by atoms with E-state index in [0.29, 0.717) is 10.7 Å². The lowest BCUT2D eigenvalue weighted by Gasteiger charge is -1.91. The first kappa shape index (κ1) is 12.5. The zero-order valence-corrected chi connectivity index (χ0v) is 9.92. The van der Waals surface area contributed by atoms with E-state index in [1.165, 1.54) is 0 Å². The first-order valence-corrected chi connectivity index (χ1v) is 5.02. The van der Waals surface area contributed by atoms with Gasteiger partial charge in [-0.25, -0.2) is 4.98 Å². The van der Waals surface area contributed by atoms with Crippen LogP contribution in [0.15, 0.2) is 24.5 Å². The monoisotopic (exact) mass is 257 g/mol. The molecule has 16 heavy (non-hydrogen) atoms. The Labute approximate surface area is 102 Å². The molecule has 0 aliphatic heterocycles. The standard InChI is InChI=1S/C9H7N3O2S.ClH/c1-6-9(12(13)14)15-8(11-6)7-3-2-4-10-5-7;/h2-5H,1H3;1H. The molecule has 7 heteroatoms. The van der Waals surface area contributed by atoms with E-state index in [1.54, 1.807) is 25.4 Å². The van der Waals surface area contributed by atoms with Crippen LogP contribution in [-0.4, -0.2) is 14.9 Å². The molecule has 2 aromatic heterocycles. The summed E-state index contributed by atoms with van der Waals surface area (Å²) in [5, 5.41) is 11.4. The maximum absolute atomic E-state index is 10.6. The summed E-state index contributed by atoms with van der Waals surface area (Å²) in [6.07, 6.45) is 3.29. The number of hydrogen-bond donors (Lipinski definition) is 0. The molecule has 0 aliphatic carbocycles. The SMILES string of the molecule is Cc1nc(-c2cccnc2)sc1[N+](=O)[O-].Cl. The quantitative estimate of drug-likeness (QED) is 0.613. The van der Waals surface area contributed by atoms with E-state index in [2.05, 4.69) is 9.97 Å². The van der Waals surface area contributed by atoms with Crippen molar-refractivity contribution in [3.63, 3.8) is 0 Å². The van der Waals surface area contributed by atoms with Crippen molar-refractivity contribution >= 4 is 28.7 Å². The van der Waals surface area contributed by atoms with E-state index in [1.807, 2.05) is 6.07 Å². The van der Waals surface area contributed by atoms with Gasteiger partial charge in [0, 0.05) is 18.0 Å². The minimum Gasteiger partial charge on any atom is -0.264 e. The van der Waals surface area contributed by atoms with E-state index >= 15 is 0 Å². The maximum Gasteiger partial charge on any atom is 0.347 e. The Kier molecular flexibility index (Phi) is 3.92. The van der Waals surface area contributed by atoms with Crippen molar-refractivity contribution in [2.75, 3.05) is 0 Å². The number of rotatable bonds is 2. The smallest absolute Gasteiger partial charge is 0.264 e. The molecule has 2 rings (SSSR count). The fourth-order valence-corrected chi connectivity index (χ4v) is 2.04. The van der Waals surface area contributed by atoms with Crippen LogP contribution in [0.5, 0.6) is 0 Å². The summed E-state index contributed by atoms with van der Waals surface area (Å²) in [6.45, 7) is 1.63. The predicted molar refractivity (Wildman–Crippen MR) is 64.0 cm³/mol. The number of aryl methyl sites for hydroxylation is 1. The van der Waals surface area contributed by atoms with Crippen molar-refractivity contribution in [2.24, 2.45) is 0 Å². The van der Waals surface area contributed by atoms with Gasteiger partial charge in [-0.15, -0.1) is 12.4 Å². The molecular weight excluding hydrogens is 250 g/mol. The molecule has 0 fully saturated rings. The lowest BCUT2D eigenvalue weighted by atomic mass is 10.3. The second-order valence-corrected chi connectivity index (χ2v) is 3.89. The van der Waals surface area contributed by atoms with Gasteiger partial charge < -0.3 is 0 Å². The summed E-state index contributed by atoms with van der Waals surface area (Å²) < 4.78 is 0. The van der Waals surface area contributed by atoms with Gasteiger partial charge in [0.05, 0.1) is 4.92 Å². The molecule has 0 saturated heterocycles. The highest BCUT2D eigenvalue weighted by atomic mass is 35.5. The van der Waals surface area contributed by atoms with Gasteiger partial charge in [-0.05, 0) is 30.4 Å². The topological polar surface area (TPSA) is 68.9 Å². The van der Waals surface area contributed by atoms with Crippen LogP contribution in [0.25, 0.3) is 10.6 Å². The largest absolute Gasteiger partial charge is 0.347 e. The molecule has 0 atom stereocenters. The van der Waals surface area contributed by atoms with Crippen molar-refractivity contribution in [2.45, 2.75) is 6.92 Å². The van der Waals surface area contributed by atoms with Crippen molar-refractivity contribution in [3.05, 3.63) is 40.3 Å². The number of hydrogen-bond acceptors (Lipinski definition) is 5. The van der Waals surface area contributed by atoms with Crippen LogP contribution >= 0.6 is 23.7 Å². The van der Waals surface area contributed by atoms with Crippen molar-refractivity contribution in [3.8, 4) is 10.6 Å². The maximum atomic E-state index is 10.6. The minimum atomic E-state index is -0.410. The molecule has 0 aromatic carbocycles. The summed E-state index contributed by atoms with van der Waals surface area (Å²) in [5.74, 6) is 0. The zero-order valence-electron chi connectivity index (χ0n) is 8.28. The number of nitrogens with zero attached hydrogens (tertiary/aromatic N) is 3. The molecule has 0 aliphatic rings. The van der Waals surface area contributed by atoms with Gasteiger partial charge in [-0.2, -0.15) is 0 Å². The predicted octanol–water partition coefficient (Wildman–Crippen LogP) is 2.84. The minimum absolute atomic E-state index is 0. The Hall–Kier alpha value is -1.53. The van der Waals surface area contributed by atoms with Gasteiger partial charge in [0.1, 0.15) is 10.7 Å². The second kappa shape index (κ2) is 5.00. The molecule has 0 saturated carbocycles. The molecule has 2 heterocycles. The van der Waals surface area contributed by atoms with Gasteiger partial charge in [-0.3, -0.25) is 15.1 Å². The van der Waals surface area contributed by atoms with Gasteiger partial charge in [0.2, 0.25) is 0 Å². The van der Waals surface area contributed by atoms with E-state index in [4.69, 9.17) is 0 Å². The number of halogens is 1. The summed E-state index contributed by atoms with van der Waals surface area (Å²) in [5.41, 5.74) is 1.25. The van der Waals surface area contributed by atoms with Crippen molar-refractivity contribution in [1.82, 2.24) is 9.97 Å². The third-order valence-electron chi connectivity index (χ3n) is 1.85. The van der Waals surface area contributed by atoms with Crippen LogP contribution in [0.1, 0.15) is 5.69 Å². The average molecular weight is 258 g/mol. The average Bonchev–Trinajstić information content (AvgIpc) is 2.62. The summed E-state index contributed by atoms with van der Waals surface area (Å²) in [7, 11) is 0. The third kappa shape index (κ3) is 2.34. The van der Waals surface area contributed by atoms with Crippen LogP contribution in [0.2, 0.25) is 0 Å². The molecule has 0 unspecified atom stereocenters. The highest BCUT2D eigenvalue weighted by Gasteiger charge is 2.18. The molecule has 0 spiro atoms. The third-order valence-corrected chi connectivity index (χ3v) is 3.00. The Morgan fingerprint density at radius 1 is 1.50 bits per heavy atom. The van der Waals surface area contributed by atoms with Gasteiger partial charge >= 0.3 is 5.00 Å². The molecular formula is C9H8ClN3O2S. The summed E-state index contributed by atoms with van der Waals surface area (Å²) in [6, 6.07) is 3.60. The highest BCUT2D eigenvalue weighted by molar-refractivity contribution is 7.18. The van der Waals surface area contributed by atoms with Crippen molar-refractivity contribution in [1.29, 1.82) is 0 Å². The van der Waals surface area contributed by atoms with E-state index < -0.39 is 4.92 Å². The second-order valence-electron chi connectivity index (χ2n) is 2.91. The van der Waals surface area contributed by atoms with Crippen LogP contribution in [0.3, 0.4) is 0 Å². The van der Waals surface area contributed by atoms with E-state index in [0.717, 1.165) is 16.9 Å². The number of aromatic nitrogens is 2. The molecule has 0 N–H and O–H groups in total. The Balaban J connectivity index is 0.00000128. The summed E-state index contributed by atoms with van der Waals surface area (Å²) in [4.78, 5) is 18.3. The Bertz CT molecular complexity index is 501. The van der Waals surface area contributed by atoms with Crippen LogP contribution in [0.4, 0.5) is 5.00 Å². The lowest BCUT2D eigenvalue weighted by Crippen LogP contribution is -1.85. The number of thiazole rings is 1. The number of nitro groups is 1. The molecule has 0 amide bonds. The van der Waals surface area contributed by atoms with Crippen molar-refractivity contribution < 1.29 is 4.92 Å². The zero-order chi connectivity index (χ0) is 10.8. The Morgan fingerprint density at radius 3 is 2.75 bits per heavy atom. The molecule has 0 radical (unpaired) electrons. The fourth-order valence-electron chi connectivity index (χ4n) is 1.17. The first-order valence-electron chi connectivity index (χ1n) is 4.20. The fraction of sp³-hybridized carbons (Fsp3) is 0.111. The van der Waals surface area contributed by atoms with Gasteiger partial charge in [0.15, 0.2) is 0 Å². The Morgan fingerprint density at radius 2 is 2.25 bits per heavy atom. The van der Waals surface area contributed by atoms with Gasteiger partial charge in [0.25, 0.3) is 0 Å². The highest BCUT2D eigenvalue weighted by Crippen LogP contribution is 2.32. The van der Waals surface area contributed by atoms with Crippen LogP contribution in [-0.2, 0) is 0 Å². The van der Waals surface area contributed by atoms with E-state index in [9.17, 15) is 10.1 Å². The molecule has 2 aromatic rings. The van der Waals surface area contributed by atoms with E-state index in [-0.39, 0.29) is 17.4 Å². The number of pyridine rings is 1. The molecule has 84 valence electrons.